The Kier molecular flexibility index (Phi) is 4.35. The Balaban J connectivity index is 2.20. The highest BCUT2D eigenvalue weighted by Gasteiger charge is 2.10. The molecule has 0 saturated heterocycles. The van der Waals surface area contributed by atoms with Crippen LogP contribution in [0.4, 0.5) is 0 Å². The molecule has 1 aromatic heterocycles. The molecule has 4 nitrogen and oxygen atoms in total. The zero-order valence-corrected chi connectivity index (χ0v) is 11.7. The Bertz CT molecular complexity index is 600. The highest BCUT2D eigenvalue weighted by Crippen LogP contribution is 2.21. The molecule has 0 aliphatic heterocycles. The van der Waals surface area contributed by atoms with Gasteiger partial charge in [-0.05, 0) is 19.2 Å². The minimum atomic E-state index is -0.0210. The summed E-state index contributed by atoms with van der Waals surface area (Å²) >= 11 is 6.18. The van der Waals surface area contributed by atoms with Gasteiger partial charge in [0, 0.05) is 24.5 Å². The molecule has 2 rings (SSSR count). The molecular formula is C14H16ClN3O. The second kappa shape index (κ2) is 5.99. The van der Waals surface area contributed by atoms with Crippen molar-refractivity contribution in [3.63, 3.8) is 0 Å². The van der Waals surface area contributed by atoms with Gasteiger partial charge in [0.15, 0.2) is 0 Å². The van der Waals surface area contributed by atoms with Crippen molar-refractivity contribution in [1.29, 1.82) is 0 Å². The van der Waals surface area contributed by atoms with E-state index in [0.29, 0.717) is 18.2 Å². The highest BCUT2D eigenvalue weighted by molar-refractivity contribution is 6.30. The van der Waals surface area contributed by atoms with Crippen molar-refractivity contribution in [3.05, 3.63) is 41.0 Å². The summed E-state index contributed by atoms with van der Waals surface area (Å²) in [5, 5.41) is 4.14. The molecule has 0 aliphatic rings. The zero-order valence-electron chi connectivity index (χ0n) is 11.0. The van der Waals surface area contributed by atoms with Gasteiger partial charge in [-0.2, -0.15) is 0 Å². The summed E-state index contributed by atoms with van der Waals surface area (Å²) in [5.41, 5.74) is 1.80. The summed E-state index contributed by atoms with van der Waals surface area (Å²) in [5.74, 6) is -0.0210. The van der Waals surface area contributed by atoms with Crippen molar-refractivity contribution in [2.75, 3.05) is 20.6 Å². The Morgan fingerprint density at radius 2 is 2.16 bits per heavy atom. The lowest BCUT2D eigenvalue weighted by Crippen LogP contribution is -2.32. The van der Waals surface area contributed by atoms with Crippen LogP contribution in [-0.2, 0) is 11.3 Å². The van der Waals surface area contributed by atoms with Crippen LogP contribution in [0, 0.1) is 0 Å². The van der Waals surface area contributed by atoms with Gasteiger partial charge in [-0.25, -0.2) is 4.98 Å². The van der Waals surface area contributed by atoms with E-state index in [2.05, 4.69) is 10.3 Å². The van der Waals surface area contributed by atoms with Crippen LogP contribution < -0.4 is 5.32 Å². The minimum absolute atomic E-state index is 0.0210. The fraction of sp³-hybridized carbons (Fsp3) is 0.286. The number of nitrogens with zero attached hydrogens (tertiary/aromatic N) is 2. The van der Waals surface area contributed by atoms with Crippen LogP contribution in [0.1, 0.15) is 5.56 Å². The molecule has 1 aromatic carbocycles. The molecule has 100 valence electrons. The van der Waals surface area contributed by atoms with E-state index < -0.39 is 0 Å². The number of halogens is 1. The number of para-hydroxylation sites is 1. The average Bonchev–Trinajstić information content (AvgIpc) is 2.39. The molecule has 0 bridgehead atoms. The largest absolute Gasteiger partial charge is 0.358 e. The predicted octanol–water partition coefficient (Wildman–Crippen LogP) is 2.07. The van der Waals surface area contributed by atoms with Crippen LogP contribution in [0.15, 0.2) is 30.3 Å². The van der Waals surface area contributed by atoms with Gasteiger partial charge in [-0.3, -0.25) is 9.69 Å². The normalized spacial score (nSPS) is 10.9. The molecule has 5 heteroatoms. The minimum Gasteiger partial charge on any atom is -0.358 e. The van der Waals surface area contributed by atoms with Gasteiger partial charge >= 0.3 is 0 Å². The Hall–Kier alpha value is -1.65. The molecule has 0 fully saturated rings. The number of amides is 1. The fourth-order valence-corrected chi connectivity index (χ4v) is 2.12. The summed E-state index contributed by atoms with van der Waals surface area (Å²) in [6.07, 6.45) is 0. The topological polar surface area (TPSA) is 45.2 Å². The molecule has 0 aliphatic carbocycles. The smallest absolute Gasteiger partial charge is 0.233 e. The maximum absolute atomic E-state index is 11.3. The lowest BCUT2D eigenvalue weighted by molar-refractivity contribution is -0.121. The monoisotopic (exact) mass is 277 g/mol. The average molecular weight is 278 g/mol. The molecule has 1 N–H and O–H groups in total. The number of likely N-dealkylation sites (N-methyl/N-ethyl adjacent to an activating group) is 2. The van der Waals surface area contributed by atoms with Crippen LogP contribution in [0.5, 0.6) is 0 Å². The van der Waals surface area contributed by atoms with E-state index >= 15 is 0 Å². The van der Waals surface area contributed by atoms with Crippen molar-refractivity contribution in [2.45, 2.75) is 6.54 Å². The Morgan fingerprint density at radius 3 is 2.89 bits per heavy atom. The van der Waals surface area contributed by atoms with E-state index in [1.807, 2.05) is 42.3 Å². The molecule has 1 amide bonds. The summed E-state index contributed by atoms with van der Waals surface area (Å²) in [6, 6.07) is 9.85. The second-order valence-corrected chi connectivity index (χ2v) is 4.83. The predicted molar refractivity (Wildman–Crippen MR) is 77.2 cm³/mol. The third kappa shape index (κ3) is 3.43. The van der Waals surface area contributed by atoms with Crippen LogP contribution in [0.3, 0.4) is 0 Å². The van der Waals surface area contributed by atoms with Crippen LogP contribution in [0.25, 0.3) is 10.9 Å². The van der Waals surface area contributed by atoms with Crippen molar-refractivity contribution in [3.8, 4) is 0 Å². The standard InChI is InChI=1S/C14H16ClN3O/c1-16-13(19)9-18(2)8-11-7-10-5-3-4-6-12(10)17-14(11)15/h3-7H,8-9H2,1-2H3,(H,16,19). The molecule has 2 aromatic rings. The number of fused-ring (bicyclic) bond motifs is 1. The lowest BCUT2D eigenvalue weighted by atomic mass is 10.1. The number of hydrogen-bond donors (Lipinski definition) is 1. The van der Waals surface area contributed by atoms with Crippen molar-refractivity contribution >= 4 is 28.4 Å². The number of aromatic nitrogens is 1. The Labute approximate surface area is 117 Å². The maximum Gasteiger partial charge on any atom is 0.233 e. The molecule has 0 saturated carbocycles. The van der Waals surface area contributed by atoms with Crippen molar-refractivity contribution in [1.82, 2.24) is 15.2 Å². The molecule has 0 atom stereocenters. The summed E-state index contributed by atoms with van der Waals surface area (Å²) < 4.78 is 0. The summed E-state index contributed by atoms with van der Waals surface area (Å²) in [4.78, 5) is 17.6. The van der Waals surface area contributed by atoms with Gasteiger partial charge in [0.1, 0.15) is 5.15 Å². The van der Waals surface area contributed by atoms with E-state index in [9.17, 15) is 4.79 Å². The molecule has 19 heavy (non-hydrogen) atoms. The highest BCUT2D eigenvalue weighted by atomic mass is 35.5. The van der Waals surface area contributed by atoms with Gasteiger partial charge in [-0.15, -0.1) is 0 Å². The van der Waals surface area contributed by atoms with E-state index in [0.717, 1.165) is 16.5 Å². The van der Waals surface area contributed by atoms with Gasteiger partial charge in [0.25, 0.3) is 0 Å². The molecule has 1 heterocycles. The lowest BCUT2D eigenvalue weighted by Gasteiger charge is -2.16. The van der Waals surface area contributed by atoms with Crippen LogP contribution >= 0.6 is 11.6 Å². The van der Waals surface area contributed by atoms with Crippen LogP contribution in [-0.4, -0.2) is 36.4 Å². The number of rotatable bonds is 4. The van der Waals surface area contributed by atoms with E-state index in [4.69, 9.17) is 11.6 Å². The van der Waals surface area contributed by atoms with Crippen LogP contribution in [0.2, 0.25) is 5.15 Å². The third-order valence-corrected chi connectivity index (χ3v) is 3.21. The van der Waals surface area contributed by atoms with E-state index in [-0.39, 0.29) is 5.91 Å². The van der Waals surface area contributed by atoms with Gasteiger partial charge in [0.2, 0.25) is 5.91 Å². The number of pyridine rings is 1. The quantitative estimate of drug-likeness (QED) is 0.870. The van der Waals surface area contributed by atoms with Gasteiger partial charge in [-0.1, -0.05) is 29.8 Å². The van der Waals surface area contributed by atoms with E-state index in [1.54, 1.807) is 7.05 Å². The first kappa shape index (κ1) is 13.8. The molecule has 0 spiro atoms. The molecular weight excluding hydrogens is 262 g/mol. The first-order valence-electron chi connectivity index (χ1n) is 6.03. The fourth-order valence-electron chi connectivity index (χ4n) is 1.92. The molecule has 0 radical (unpaired) electrons. The zero-order chi connectivity index (χ0) is 13.8. The summed E-state index contributed by atoms with van der Waals surface area (Å²) in [7, 11) is 3.50. The first-order valence-corrected chi connectivity index (χ1v) is 6.41. The van der Waals surface area contributed by atoms with Crippen molar-refractivity contribution < 1.29 is 4.79 Å². The SMILES string of the molecule is CNC(=O)CN(C)Cc1cc2ccccc2nc1Cl. The number of hydrogen-bond acceptors (Lipinski definition) is 3. The third-order valence-electron chi connectivity index (χ3n) is 2.88. The molecule has 0 unspecified atom stereocenters. The van der Waals surface area contributed by atoms with Crippen molar-refractivity contribution in [2.24, 2.45) is 0 Å². The van der Waals surface area contributed by atoms with Gasteiger partial charge in [0.05, 0.1) is 12.1 Å². The first-order chi connectivity index (χ1) is 9.10. The van der Waals surface area contributed by atoms with Gasteiger partial charge < -0.3 is 5.32 Å². The second-order valence-electron chi connectivity index (χ2n) is 4.48. The summed E-state index contributed by atoms with van der Waals surface area (Å²) in [6.45, 7) is 0.920. The number of carbonyl (C=O) groups is 1. The number of carbonyl (C=O) groups excluding carboxylic acids is 1. The maximum atomic E-state index is 11.3. The number of benzene rings is 1. The van der Waals surface area contributed by atoms with E-state index in [1.165, 1.54) is 0 Å². The Morgan fingerprint density at radius 1 is 1.42 bits per heavy atom. The number of nitrogens with one attached hydrogen (secondary N) is 1.